The lowest BCUT2D eigenvalue weighted by atomic mass is 9.63. The zero-order chi connectivity index (χ0) is 19.4. The van der Waals surface area contributed by atoms with Gasteiger partial charge in [-0.25, -0.2) is 9.78 Å². The Morgan fingerprint density at radius 2 is 1.59 bits per heavy atom. The molecule has 0 amide bonds. The van der Waals surface area contributed by atoms with E-state index in [1.54, 1.807) is 12.1 Å². The highest BCUT2D eigenvalue weighted by Gasteiger charge is 2.37. The van der Waals surface area contributed by atoms with Crippen LogP contribution in [-0.4, -0.2) is 18.1 Å². The van der Waals surface area contributed by atoms with Gasteiger partial charge in [0.1, 0.15) is 5.52 Å². The third-order valence-electron chi connectivity index (χ3n) is 5.91. The van der Waals surface area contributed by atoms with Gasteiger partial charge in [-0.3, -0.25) is 0 Å². The van der Waals surface area contributed by atoms with Gasteiger partial charge in [0.05, 0.1) is 12.7 Å². The van der Waals surface area contributed by atoms with Crippen LogP contribution in [0.25, 0.3) is 22.6 Å². The van der Waals surface area contributed by atoms with Crippen LogP contribution in [0.1, 0.15) is 62.0 Å². The maximum absolute atomic E-state index is 11.6. The number of methoxy groups -OCH3 is 1. The van der Waals surface area contributed by atoms with Gasteiger partial charge in [-0.15, -0.1) is 0 Å². The molecule has 0 atom stereocenters. The van der Waals surface area contributed by atoms with Crippen molar-refractivity contribution in [1.29, 1.82) is 0 Å². The second kappa shape index (κ2) is 5.95. The van der Waals surface area contributed by atoms with Gasteiger partial charge in [-0.2, -0.15) is 0 Å². The monoisotopic (exact) mass is 363 g/mol. The van der Waals surface area contributed by atoms with Crippen molar-refractivity contribution in [1.82, 2.24) is 4.98 Å². The predicted molar refractivity (Wildman–Crippen MR) is 106 cm³/mol. The maximum Gasteiger partial charge on any atom is 0.337 e. The molecule has 4 nitrogen and oxygen atoms in total. The van der Waals surface area contributed by atoms with Crippen molar-refractivity contribution in [3.63, 3.8) is 0 Å². The van der Waals surface area contributed by atoms with Crippen LogP contribution in [0.2, 0.25) is 0 Å². The van der Waals surface area contributed by atoms with E-state index >= 15 is 0 Å². The van der Waals surface area contributed by atoms with E-state index in [4.69, 9.17) is 14.1 Å². The molecule has 27 heavy (non-hydrogen) atoms. The number of carbonyl (C=O) groups is 1. The molecule has 2 aromatic carbocycles. The molecule has 0 radical (unpaired) electrons. The van der Waals surface area contributed by atoms with Crippen molar-refractivity contribution in [3.8, 4) is 11.5 Å². The Labute approximate surface area is 159 Å². The number of aromatic nitrogens is 1. The zero-order valence-corrected chi connectivity index (χ0v) is 16.6. The first kappa shape index (κ1) is 17.8. The molecule has 1 aromatic heterocycles. The average Bonchev–Trinajstić information content (AvgIpc) is 3.07. The van der Waals surface area contributed by atoms with Gasteiger partial charge in [0.2, 0.25) is 5.89 Å². The molecule has 0 N–H and O–H groups in total. The summed E-state index contributed by atoms with van der Waals surface area (Å²) in [6, 6.07) is 11.5. The Morgan fingerprint density at radius 1 is 1.00 bits per heavy atom. The quantitative estimate of drug-likeness (QED) is 0.554. The first-order valence-electron chi connectivity index (χ1n) is 9.36. The van der Waals surface area contributed by atoms with Crippen LogP contribution in [0.15, 0.2) is 40.8 Å². The van der Waals surface area contributed by atoms with E-state index in [1.807, 2.05) is 12.1 Å². The number of hydrogen-bond acceptors (Lipinski definition) is 4. The highest BCUT2D eigenvalue weighted by molar-refractivity contribution is 5.90. The van der Waals surface area contributed by atoms with Crippen LogP contribution < -0.4 is 0 Å². The average molecular weight is 363 g/mol. The van der Waals surface area contributed by atoms with Gasteiger partial charge in [0.25, 0.3) is 0 Å². The standard InChI is InChI=1S/C23H25NO3/c1-22(2)10-11-23(3,4)17-13-19-18(12-16(17)22)24-20(27-19)14-6-8-15(9-7-14)21(25)26-5/h6-9,12-13H,10-11H2,1-5H3. The number of hydrogen-bond donors (Lipinski definition) is 0. The summed E-state index contributed by atoms with van der Waals surface area (Å²) in [6.45, 7) is 9.21. The molecule has 0 bridgehead atoms. The van der Waals surface area contributed by atoms with Crippen LogP contribution in [0.4, 0.5) is 0 Å². The molecule has 140 valence electrons. The molecule has 3 aromatic rings. The number of benzene rings is 2. The molecule has 1 heterocycles. The molecule has 0 saturated carbocycles. The van der Waals surface area contributed by atoms with E-state index in [-0.39, 0.29) is 16.8 Å². The molecular weight excluding hydrogens is 338 g/mol. The summed E-state index contributed by atoms with van der Waals surface area (Å²) in [4.78, 5) is 16.3. The first-order valence-corrected chi connectivity index (χ1v) is 9.36. The molecule has 0 aliphatic heterocycles. The fourth-order valence-corrected chi connectivity index (χ4v) is 3.98. The smallest absolute Gasteiger partial charge is 0.337 e. The number of esters is 1. The number of oxazole rings is 1. The maximum atomic E-state index is 11.6. The van der Waals surface area contributed by atoms with Crippen molar-refractivity contribution < 1.29 is 13.9 Å². The minimum Gasteiger partial charge on any atom is -0.465 e. The third-order valence-corrected chi connectivity index (χ3v) is 5.91. The molecule has 0 fully saturated rings. The molecule has 1 aliphatic rings. The molecule has 0 saturated heterocycles. The Kier molecular flexibility index (Phi) is 3.91. The fourth-order valence-electron chi connectivity index (χ4n) is 3.98. The molecule has 0 spiro atoms. The van der Waals surface area contributed by atoms with Crippen molar-refractivity contribution in [2.75, 3.05) is 7.11 Å². The molecular formula is C23H25NO3. The van der Waals surface area contributed by atoms with Gasteiger partial charge >= 0.3 is 5.97 Å². The number of ether oxygens (including phenoxy) is 1. The van der Waals surface area contributed by atoms with Crippen molar-refractivity contribution in [2.24, 2.45) is 0 Å². The first-order chi connectivity index (χ1) is 12.7. The second-order valence-corrected chi connectivity index (χ2v) is 8.72. The van der Waals surface area contributed by atoms with Crippen LogP contribution >= 0.6 is 0 Å². The normalized spacial score (nSPS) is 17.5. The van der Waals surface area contributed by atoms with Crippen LogP contribution in [0.3, 0.4) is 0 Å². The SMILES string of the molecule is COC(=O)c1ccc(-c2nc3cc4c(cc3o2)C(C)(C)CCC4(C)C)cc1. The van der Waals surface area contributed by atoms with Crippen molar-refractivity contribution >= 4 is 17.1 Å². The summed E-state index contributed by atoms with van der Waals surface area (Å²) < 4.78 is 10.8. The highest BCUT2D eigenvalue weighted by atomic mass is 16.5. The van der Waals surface area contributed by atoms with Gasteiger partial charge < -0.3 is 9.15 Å². The number of fused-ring (bicyclic) bond motifs is 2. The van der Waals surface area contributed by atoms with Crippen molar-refractivity contribution in [3.05, 3.63) is 53.1 Å². The largest absolute Gasteiger partial charge is 0.465 e. The summed E-state index contributed by atoms with van der Waals surface area (Å²) in [7, 11) is 1.38. The van der Waals surface area contributed by atoms with Gasteiger partial charge in [0, 0.05) is 5.56 Å². The van der Waals surface area contributed by atoms with E-state index in [0.29, 0.717) is 11.5 Å². The van der Waals surface area contributed by atoms with E-state index in [1.165, 1.54) is 18.2 Å². The van der Waals surface area contributed by atoms with Gasteiger partial charge in [0.15, 0.2) is 5.58 Å². The lowest BCUT2D eigenvalue weighted by Gasteiger charge is -2.41. The summed E-state index contributed by atoms with van der Waals surface area (Å²) in [5.41, 5.74) is 6.04. The van der Waals surface area contributed by atoms with E-state index < -0.39 is 0 Å². The van der Waals surface area contributed by atoms with Crippen LogP contribution in [0.5, 0.6) is 0 Å². The van der Waals surface area contributed by atoms with E-state index in [9.17, 15) is 4.79 Å². The Balaban J connectivity index is 1.80. The number of carbonyl (C=O) groups excluding carboxylic acids is 1. The molecule has 4 rings (SSSR count). The highest BCUT2D eigenvalue weighted by Crippen LogP contribution is 2.47. The van der Waals surface area contributed by atoms with E-state index in [2.05, 4.69) is 39.8 Å². The fraction of sp³-hybridized carbons (Fsp3) is 0.391. The summed E-state index contributed by atoms with van der Waals surface area (Å²) in [5, 5.41) is 0. The second-order valence-electron chi connectivity index (χ2n) is 8.72. The molecule has 4 heteroatoms. The Hall–Kier alpha value is -2.62. The predicted octanol–water partition coefficient (Wildman–Crippen LogP) is 5.63. The third kappa shape index (κ3) is 2.93. The zero-order valence-electron chi connectivity index (χ0n) is 16.6. The summed E-state index contributed by atoms with van der Waals surface area (Å²) in [5.74, 6) is 0.218. The molecule has 0 unspecified atom stereocenters. The lowest BCUT2D eigenvalue weighted by molar-refractivity contribution is 0.0600. The minimum atomic E-state index is -0.351. The van der Waals surface area contributed by atoms with Gasteiger partial charge in [-0.05, 0) is 71.2 Å². The number of rotatable bonds is 2. The Bertz CT molecular complexity index is 973. The topological polar surface area (TPSA) is 52.3 Å². The minimum absolute atomic E-state index is 0.133. The van der Waals surface area contributed by atoms with Gasteiger partial charge in [-0.1, -0.05) is 27.7 Å². The number of nitrogens with zero attached hydrogens (tertiary/aromatic N) is 1. The van der Waals surface area contributed by atoms with Crippen molar-refractivity contribution in [2.45, 2.75) is 51.4 Å². The van der Waals surface area contributed by atoms with Crippen LogP contribution in [-0.2, 0) is 15.6 Å². The van der Waals surface area contributed by atoms with Crippen LogP contribution in [0, 0.1) is 0 Å². The Morgan fingerprint density at radius 3 is 2.19 bits per heavy atom. The van der Waals surface area contributed by atoms with E-state index in [0.717, 1.165) is 29.5 Å². The summed E-state index contributed by atoms with van der Waals surface area (Å²) >= 11 is 0. The lowest BCUT2D eigenvalue weighted by Crippen LogP contribution is -2.33. The summed E-state index contributed by atoms with van der Waals surface area (Å²) in [6.07, 6.45) is 2.33. The molecule has 1 aliphatic carbocycles.